The third-order valence-corrected chi connectivity index (χ3v) is 2.50. The average molecular weight is 219 g/mol. The smallest absolute Gasteiger partial charge is 0.161 e. The molecule has 0 bridgehead atoms. The van der Waals surface area contributed by atoms with E-state index in [0.717, 1.165) is 12.2 Å². The number of ether oxygens (including phenoxy) is 1. The fourth-order valence-electron chi connectivity index (χ4n) is 1.83. The van der Waals surface area contributed by atoms with Gasteiger partial charge in [0, 0.05) is 12.5 Å². The van der Waals surface area contributed by atoms with E-state index < -0.39 is 0 Å². The van der Waals surface area contributed by atoms with Gasteiger partial charge in [0.05, 0.1) is 0 Å². The molecule has 0 radical (unpaired) electrons. The summed E-state index contributed by atoms with van der Waals surface area (Å²) in [5.74, 6) is 7.12. The lowest BCUT2D eigenvalue weighted by atomic mass is 10.1. The predicted molar refractivity (Wildman–Crippen MR) is 64.5 cm³/mol. The van der Waals surface area contributed by atoms with Gasteiger partial charge in [-0.05, 0) is 25.5 Å². The Hall–Kier alpha value is -1.55. The van der Waals surface area contributed by atoms with Gasteiger partial charge in [0.1, 0.15) is 5.75 Å². The maximum atomic E-state index is 5.79. The lowest BCUT2D eigenvalue weighted by Crippen LogP contribution is -2.42. The van der Waals surface area contributed by atoms with Crippen LogP contribution < -0.4 is 16.0 Å². The number of rotatable bonds is 2. The van der Waals surface area contributed by atoms with E-state index in [4.69, 9.17) is 10.6 Å². The number of nitrogens with one attached hydrogen (secondary N) is 1. The van der Waals surface area contributed by atoms with Gasteiger partial charge in [-0.1, -0.05) is 18.2 Å². The normalized spacial score (nSPS) is 19.5. The van der Waals surface area contributed by atoms with Crippen molar-refractivity contribution in [2.24, 2.45) is 10.8 Å². The molecular weight excluding hydrogens is 202 g/mol. The summed E-state index contributed by atoms with van der Waals surface area (Å²) < 4.78 is 5.79. The van der Waals surface area contributed by atoms with Crippen LogP contribution in [0.25, 0.3) is 0 Å². The van der Waals surface area contributed by atoms with Gasteiger partial charge in [0.2, 0.25) is 0 Å². The van der Waals surface area contributed by atoms with Crippen LogP contribution >= 0.6 is 0 Å². The van der Waals surface area contributed by atoms with Gasteiger partial charge in [-0.2, -0.15) is 0 Å². The zero-order chi connectivity index (χ0) is 11.5. The van der Waals surface area contributed by atoms with Crippen LogP contribution in [0.2, 0.25) is 0 Å². The quantitative estimate of drug-likeness (QED) is 0.341. The number of aliphatic imine (C=N–C) groups is 1. The van der Waals surface area contributed by atoms with Crippen molar-refractivity contribution in [3.8, 4) is 5.75 Å². The first-order valence-corrected chi connectivity index (χ1v) is 5.49. The Bertz CT molecular complexity index is 376. The average Bonchev–Trinajstić information content (AvgIpc) is 2.68. The molecular formula is C12H17N3O. The molecule has 16 heavy (non-hydrogen) atoms. The van der Waals surface area contributed by atoms with Crippen LogP contribution in [0.3, 0.4) is 0 Å². The second kappa shape index (κ2) is 4.53. The van der Waals surface area contributed by atoms with Gasteiger partial charge in [-0.25, -0.2) is 5.84 Å². The molecule has 0 aromatic heterocycles. The number of hydrazine groups is 1. The monoisotopic (exact) mass is 219 g/mol. The summed E-state index contributed by atoms with van der Waals surface area (Å²) in [6.07, 6.45) is 0.746. The molecule has 0 saturated heterocycles. The molecule has 86 valence electrons. The second-order valence-electron chi connectivity index (χ2n) is 4.17. The molecule has 3 N–H and O–H groups in total. The van der Waals surface area contributed by atoms with Crippen LogP contribution in [0.1, 0.15) is 19.4 Å². The molecule has 1 aliphatic rings. The molecule has 0 amide bonds. The molecule has 0 aliphatic carbocycles. The number of para-hydroxylation sites is 1. The minimum atomic E-state index is -0.0789. The van der Waals surface area contributed by atoms with Gasteiger partial charge in [0.15, 0.2) is 11.9 Å². The lowest BCUT2D eigenvalue weighted by molar-refractivity contribution is 0.295. The third-order valence-electron chi connectivity index (χ3n) is 2.50. The number of hydrogen-bond donors (Lipinski definition) is 2. The molecule has 4 nitrogen and oxygen atoms in total. The zero-order valence-electron chi connectivity index (χ0n) is 9.60. The molecule has 0 fully saturated rings. The van der Waals surface area contributed by atoms with Crippen LogP contribution in [0.4, 0.5) is 0 Å². The molecule has 0 saturated carbocycles. The second-order valence-corrected chi connectivity index (χ2v) is 4.17. The summed E-state index contributed by atoms with van der Waals surface area (Å²) in [5, 5.41) is 0. The Morgan fingerprint density at radius 3 is 2.88 bits per heavy atom. The largest absolute Gasteiger partial charge is 0.482 e. The zero-order valence-corrected chi connectivity index (χ0v) is 9.60. The fourth-order valence-corrected chi connectivity index (χ4v) is 1.83. The van der Waals surface area contributed by atoms with E-state index in [0.29, 0.717) is 5.84 Å². The Morgan fingerprint density at radius 1 is 1.50 bits per heavy atom. The summed E-state index contributed by atoms with van der Waals surface area (Å²) in [5.41, 5.74) is 3.84. The van der Waals surface area contributed by atoms with Crippen LogP contribution in [-0.4, -0.2) is 18.0 Å². The number of amidine groups is 1. The highest BCUT2D eigenvalue weighted by Crippen LogP contribution is 2.28. The predicted octanol–water partition coefficient (Wildman–Crippen LogP) is 1.26. The van der Waals surface area contributed by atoms with E-state index in [1.165, 1.54) is 5.56 Å². The maximum Gasteiger partial charge on any atom is 0.161 e. The third kappa shape index (κ3) is 2.17. The van der Waals surface area contributed by atoms with E-state index in [-0.39, 0.29) is 12.1 Å². The van der Waals surface area contributed by atoms with Gasteiger partial charge in [0.25, 0.3) is 0 Å². The minimum Gasteiger partial charge on any atom is -0.482 e. The van der Waals surface area contributed by atoms with Crippen molar-refractivity contribution < 1.29 is 4.74 Å². The van der Waals surface area contributed by atoms with Crippen LogP contribution in [0, 0.1) is 0 Å². The minimum absolute atomic E-state index is 0.0789. The molecule has 1 aromatic carbocycles. The Kier molecular flexibility index (Phi) is 3.10. The molecule has 1 aromatic rings. The van der Waals surface area contributed by atoms with Crippen LogP contribution in [0.5, 0.6) is 5.75 Å². The fraction of sp³-hybridized carbons (Fsp3) is 0.417. The molecule has 1 heterocycles. The number of hydrogen-bond acceptors (Lipinski definition) is 3. The van der Waals surface area contributed by atoms with E-state index in [1.807, 2.05) is 32.0 Å². The first kappa shape index (κ1) is 11.0. The SMILES string of the molecule is CC(C)N=C(NN)C1Cc2ccccc2O1. The summed E-state index contributed by atoms with van der Waals surface area (Å²) in [4.78, 5) is 4.42. The van der Waals surface area contributed by atoms with E-state index in [9.17, 15) is 0 Å². The van der Waals surface area contributed by atoms with Crippen molar-refractivity contribution in [1.29, 1.82) is 0 Å². The van der Waals surface area contributed by atoms with Crippen molar-refractivity contribution >= 4 is 5.84 Å². The van der Waals surface area contributed by atoms with Crippen molar-refractivity contribution in [3.63, 3.8) is 0 Å². The van der Waals surface area contributed by atoms with Crippen LogP contribution in [-0.2, 0) is 6.42 Å². The number of fused-ring (bicyclic) bond motifs is 1. The maximum absolute atomic E-state index is 5.79. The molecule has 1 atom stereocenters. The van der Waals surface area contributed by atoms with Crippen molar-refractivity contribution in [2.45, 2.75) is 32.4 Å². The molecule has 1 unspecified atom stereocenters. The summed E-state index contributed by atoms with van der Waals surface area (Å²) in [6, 6.07) is 8.23. The standard InChI is InChI=1S/C12H17N3O/c1-8(2)14-12(15-13)11-7-9-5-3-4-6-10(9)16-11/h3-6,8,11H,7,13H2,1-2H3,(H,14,15). The Morgan fingerprint density at radius 2 is 2.25 bits per heavy atom. The van der Waals surface area contributed by atoms with E-state index in [2.05, 4.69) is 16.5 Å². The van der Waals surface area contributed by atoms with Crippen molar-refractivity contribution in [3.05, 3.63) is 29.8 Å². The summed E-state index contributed by atoms with van der Waals surface area (Å²) in [7, 11) is 0. The molecule has 2 rings (SSSR count). The molecule has 4 heteroatoms. The molecule has 1 aliphatic heterocycles. The van der Waals surface area contributed by atoms with Gasteiger partial charge in [-0.3, -0.25) is 4.99 Å². The Balaban J connectivity index is 2.16. The van der Waals surface area contributed by atoms with E-state index in [1.54, 1.807) is 0 Å². The topological polar surface area (TPSA) is 59.6 Å². The van der Waals surface area contributed by atoms with Gasteiger partial charge in [-0.15, -0.1) is 0 Å². The van der Waals surface area contributed by atoms with Crippen LogP contribution in [0.15, 0.2) is 29.3 Å². The highest BCUT2D eigenvalue weighted by molar-refractivity contribution is 5.87. The van der Waals surface area contributed by atoms with E-state index >= 15 is 0 Å². The number of nitrogens with zero attached hydrogens (tertiary/aromatic N) is 1. The highest BCUT2D eigenvalue weighted by atomic mass is 16.5. The van der Waals surface area contributed by atoms with Crippen molar-refractivity contribution in [2.75, 3.05) is 0 Å². The van der Waals surface area contributed by atoms with Crippen molar-refractivity contribution in [1.82, 2.24) is 5.43 Å². The lowest BCUT2D eigenvalue weighted by Gasteiger charge is -2.14. The van der Waals surface area contributed by atoms with Gasteiger partial charge >= 0.3 is 0 Å². The number of benzene rings is 1. The summed E-state index contributed by atoms with van der Waals surface area (Å²) >= 11 is 0. The first-order chi connectivity index (χ1) is 7.70. The summed E-state index contributed by atoms with van der Waals surface area (Å²) in [6.45, 7) is 4.03. The highest BCUT2D eigenvalue weighted by Gasteiger charge is 2.26. The van der Waals surface area contributed by atoms with Gasteiger partial charge < -0.3 is 10.2 Å². The Labute approximate surface area is 95.5 Å². The molecule has 0 spiro atoms. The number of nitrogens with two attached hydrogens (primary N) is 1. The first-order valence-electron chi connectivity index (χ1n) is 5.49.